The second-order valence-electron chi connectivity index (χ2n) is 6.73. The fraction of sp³-hybridized carbons (Fsp3) is 0.130. The molecule has 0 radical (unpaired) electrons. The normalized spacial score (nSPS) is 11.9. The first kappa shape index (κ1) is 18.9. The molecule has 4 rings (SSSR count). The number of carbonyl (C=O) groups excluding carboxylic acids is 1. The van der Waals surface area contributed by atoms with E-state index in [1.807, 2.05) is 42.5 Å². The summed E-state index contributed by atoms with van der Waals surface area (Å²) in [4.78, 5) is 12.5. The van der Waals surface area contributed by atoms with Crippen LogP contribution in [0, 0.1) is 11.3 Å². The van der Waals surface area contributed by atoms with Crippen molar-refractivity contribution in [2.24, 2.45) is 0 Å². The number of benzene rings is 3. The van der Waals surface area contributed by atoms with Crippen LogP contribution in [0.25, 0.3) is 0 Å². The summed E-state index contributed by atoms with van der Waals surface area (Å²) in [6.07, 6.45) is 1.09. The fourth-order valence-electron chi connectivity index (χ4n) is 3.19. The minimum Gasteiger partial charge on any atom is -0.493 e. The van der Waals surface area contributed by atoms with E-state index in [9.17, 15) is 4.79 Å². The molecule has 0 atom stereocenters. The van der Waals surface area contributed by atoms with Gasteiger partial charge < -0.3 is 15.4 Å². The van der Waals surface area contributed by atoms with Crippen LogP contribution in [0.4, 0.5) is 17.1 Å². The molecule has 2 N–H and O–H groups in total. The molecule has 1 amide bonds. The number of hydrogen-bond acceptors (Lipinski definition) is 4. The summed E-state index contributed by atoms with van der Waals surface area (Å²) in [6.45, 7) is 0.508. The Kier molecular flexibility index (Phi) is 5.37. The number of carbonyl (C=O) groups is 1. The highest BCUT2D eigenvalue weighted by molar-refractivity contribution is 6.31. The molecule has 0 unspecified atom stereocenters. The van der Waals surface area contributed by atoms with Crippen LogP contribution in [-0.4, -0.2) is 12.5 Å². The van der Waals surface area contributed by atoms with Crippen molar-refractivity contribution in [3.05, 3.63) is 82.4 Å². The molecular weight excluding hydrogens is 386 g/mol. The number of nitrogens with one attached hydrogen (secondary N) is 2. The highest BCUT2D eigenvalue weighted by Crippen LogP contribution is 2.34. The molecule has 0 aromatic heterocycles. The average Bonchev–Trinajstić information content (AvgIpc) is 2.84. The lowest BCUT2D eigenvalue weighted by atomic mass is 10.1. The number of nitrogens with zero attached hydrogens (tertiary/aromatic N) is 1. The molecule has 0 fully saturated rings. The molecule has 1 aliphatic heterocycles. The quantitative estimate of drug-likeness (QED) is 0.603. The molecule has 0 saturated carbocycles. The molecule has 0 bridgehead atoms. The highest BCUT2D eigenvalue weighted by Gasteiger charge is 2.19. The molecule has 6 heteroatoms. The Morgan fingerprint density at radius 1 is 0.897 bits per heavy atom. The average molecular weight is 404 g/mol. The monoisotopic (exact) mass is 403 g/mol. The Morgan fingerprint density at radius 2 is 1.69 bits per heavy atom. The molecule has 0 saturated heterocycles. The lowest BCUT2D eigenvalue weighted by molar-refractivity contribution is 0.102. The molecule has 144 valence electrons. The first-order valence-electron chi connectivity index (χ1n) is 9.22. The van der Waals surface area contributed by atoms with Gasteiger partial charge in [-0.05, 0) is 53.6 Å². The van der Waals surface area contributed by atoms with Crippen molar-refractivity contribution < 1.29 is 9.53 Å². The zero-order valence-corrected chi connectivity index (χ0v) is 16.3. The van der Waals surface area contributed by atoms with Crippen molar-refractivity contribution in [1.29, 1.82) is 5.26 Å². The van der Waals surface area contributed by atoms with Crippen LogP contribution in [0.5, 0.6) is 5.75 Å². The number of rotatable bonds is 5. The van der Waals surface area contributed by atoms with E-state index in [1.165, 1.54) is 0 Å². The molecule has 3 aromatic carbocycles. The Labute approximate surface area is 173 Å². The van der Waals surface area contributed by atoms with Gasteiger partial charge in [0.1, 0.15) is 5.75 Å². The zero-order chi connectivity index (χ0) is 20.2. The second kappa shape index (κ2) is 8.26. The van der Waals surface area contributed by atoms with Crippen LogP contribution in [0.1, 0.15) is 21.5 Å². The molecular formula is C23H18ClN3O2. The molecule has 0 spiro atoms. The third-order valence-electron chi connectivity index (χ3n) is 4.69. The van der Waals surface area contributed by atoms with E-state index in [0.29, 0.717) is 35.7 Å². The molecule has 3 aromatic rings. The van der Waals surface area contributed by atoms with E-state index < -0.39 is 0 Å². The maximum absolute atomic E-state index is 12.5. The van der Waals surface area contributed by atoms with Gasteiger partial charge in [0, 0.05) is 11.4 Å². The standard InChI is InChI=1S/C23H18ClN3O2/c24-17-4-7-19-21(14-17)26-20-8-3-16(13-22(20)27-23(19)28)10-12-29-18-5-1-15(2-6-18)9-11-25/h1-8,13-14,26H,9-10,12H2,(H,27,28). The predicted molar refractivity (Wildman–Crippen MR) is 114 cm³/mol. The highest BCUT2D eigenvalue weighted by atomic mass is 35.5. The first-order chi connectivity index (χ1) is 14.1. The molecule has 29 heavy (non-hydrogen) atoms. The number of ether oxygens (including phenoxy) is 1. The number of anilines is 3. The van der Waals surface area contributed by atoms with Gasteiger partial charge in [0.05, 0.1) is 41.7 Å². The van der Waals surface area contributed by atoms with Crippen LogP contribution in [-0.2, 0) is 12.8 Å². The summed E-state index contributed by atoms with van der Waals surface area (Å²) in [5.74, 6) is 0.595. The lowest BCUT2D eigenvalue weighted by Crippen LogP contribution is -2.11. The van der Waals surface area contributed by atoms with Crippen molar-refractivity contribution >= 4 is 34.6 Å². The summed E-state index contributed by atoms with van der Waals surface area (Å²) in [5.41, 5.74) is 4.80. The van der Waals surface area contributed by atoms with E-state index in [0.717, 1.165) is 28.3 Å². The Bertz CT molecular complexity index is 1100. The third kappa shape index (κ3) is 4.34. The molecule has 0 aliphatic carbocycles. The van der Waals surface area contributed by atoms with E-state index in [1.54, 1.807) is 18.2 Å². The van der Waals surface area contributed by atoms with Gasteiger partial charge >= 0.3 is 0 Å². The number of fused-ring (bicyclic) bond motifs is 2. The number of nitriles is 1. The van der Waals surface area contributed by atoms with Crippen molar-refractivity contribution in [2.75, 3.05) is 17.2 Å². The largest absolute Gasteiger partial charge is 0.493 e. The fourth-order valence-corrected chi connectivity index (χ4v) is 3.37. The molecule has 1 heterocycles. The summed E-state index contributed by atoms with van der Waals surface area (Å²) >= 11 is 6.06. The number of amides is 1. The van der Waals surface area contributed by atoms with Crippen LogP contribution in [0.2, 0.25) is 5.02 Å². The SMILES string of the molecule is N#CCc1ccc(OCCc2ccc3c(c2)NC(=O)c2ccc(Cl)cc2N3)cc1. The number of halogens is 1. The van der Waals surface area contributed by atoms with Crippen LogP contribution in [0.15, 0.2) is 60.7 Å². The van der Waals surface area contributed by atoms with Crippen LogP contribution in [0.3, 0.4) is 0 Å². The van der Waals surface area contributed by atoms with Gasteiger partial charge in [0.15, 0.2) is 0 Å². The summed E-state index contributed by atoms with van der Waals surface area (Å²) < 4.78 is 5.80. The maximum Gasteiger partial charge on any atom is 0.257 e. The predicted octanol–water partition coefficient (Wildman–Crippen LogP) is 5.34. The van der Waals surface area contributed by atoms with Gasteiger partial charge in [0.2, 0.25) is 0 Å². The minimum atomic E-state index is -0.172. The summed E-state index contributed by atoms with van der Waals surface area (Å²) in [6, 6.07) is 20.7. The van der Waals surface area contributed by atoms with Gasteiger partial charge in [0.25, 0.3) is 5.91 Å². The Hall–Kier alpha value is -3.49. The lowest BCUT2D eigenvalue weighted by Gasteiger charge is -2.11. The topological polar surface area (TPSA) is 74.1 Å². The van der Waals surface area contributed by atoms with Crippen molar-refractivity contribution in [1.82, 2.24) is 0 Å². The minimum absolute atomic E-state index is 0.172. The zero-order valence-electron chi connectivity index (χ0n) is 15.5. The van der Waals surface area contributed by atoms with Gasteiger partial charge in [-0.3, -0.25) is 4.79 Å². The summed E-state index contributed by atoms with van der Waals surface area (Å²) in [7, 11) is 0. The van der Waals surface area contributed by atoms with Gasteiger partial charge in [-0.1, -0.05) is 29.8 Å². The molecule has 1 aliphatic rings. The van der Waals surface area contributed by atoms with Crippen molar-refractivity contribution in [3.8, 4) is 11.8 Å². The van der Waals surface area contributed by atoms with E-state index in [4.69, 9.17) is 21.6 Å². The maximum atomic E-state index is 12.5. The van der Waals surface area contributed by atoms with Crippen molar-refractivity contribution in [2.45, 2.75) is 12.8 Å². The van der Waals surface area contributed by atoms with Gasteiger partial charge in [-0.15, -0.1) is 0 Å². The Balaban J connectivity index is 1.43. The van der Waals surface area contributed by atoms with Crippen LogP contribution < -0.4 is 15.4 Å². The summed E-state index contributed by atoms with van der Waals surface area (Å²) in [5, 5.41) is 15.5. The second-order valence-corrected chi connectivity index (χ2v) is 7.16. The van der Waals surface area contributed by atoms with Gasteiger partial charge in [-0.25, -0.2) is 0 Å². The third-order valence-corrected chi connectivity index (χ3v) is 4.93. The molecule has 5 nitrogen and oxygen atoms in total. The van der Waals surface area contributed by atoms with E-state index >= 15 is 0 Å². The van der Waals surface area contributed by atoms with Crippen molar-refractivity contribution in [3.63, 3.8) is 0 Å². The smallest absolute Gasteiger partial charge is 0.257 e. The number of hydrogen-bond donors (Lipinski definition) is 2. The Morgan fingerprint density at radius 3 is 2.48 bits per heavy atom. The van der Waals surface area contributed by atoms with E-state index in [-0.39, 0.29) is 5.91 Å². The van der Waals surface area contributed by atoms with E-state index in [2.05, 4.69) is 16.7 Å². The first-order valence-corrected chi connectivity index (χ1v) is 9.60. The van der Waals surface area contributed by atoms with Crippen LogP contribution >= 0.6 is 11.6 Å². The van der Waals surface area contributed by atoms with Gasteiger partial charge in [-0.2, -0.15) is 5.26 Å².